The highest BCUT2D eigenvalue weighted by Crippen LogP contribution is 1.81. The van der Waals surface area contributed by atoms with Crippen molar-refractivity contribution >= 4 is 28.1 Å². The van der Waals surface area contributed by atoms with E-state index in [0.29, 0.717) is 13.0 Å². The molecule has 0 bridgehead atoms. The maximum Gasteiger partial charge on any atom is 0.244 e. The van der Waals surface area contributed by atoms with Gasteiger partial charge in [-0.25, -0.2) is 0 Å². The molecule has 0 heterocycles. The first-order chi connectivity index (χ1) is 4.81. The third kappa shape index (κ3) is 5.50. The fourth-order valence-electron chi connectivity index (χ4n) is 0.370. The lowest BCUT2D eigenvalue weighted by atomic mass is 10.4. The van der Waals surface area contributed by atoms with E-state index in [1.807, 2.05) is 0 Å². The van der Waals surface area contributed by atoms with Crippen LogP contribution >= 0.6 is 15.9 Å². The largest absolute Gasteiger partial charge is 0.352 e. The van der Waals surface area contributed by atoms with Crippen LogP contribution in [-0.2, 0) is 9.59 Å². The van der Waals surface area contributed by atoms with Gasteiger partial charge in [0, 0.05) is 19.0 Å². The van der Waals surface area contributed by atoms with Crippen molar-refractivity contribution in [2.75, 3.05) is 6.54 Å². The topological polar surface area (TPSA) is 46.2 Å². The summed E-state index contributed by atoms with van der Waals surface area (Å²) in [5, 5.41) is 2.50. The third-order valence-corrected chi connectivity index (χ3v) is 1.04. The van der Waals surface area contributed by atoms with Gasteiger partial charge in [-0.1, -0.05) is 15.9 Å². The fraction of sp³-hybridized carbons (Fsp3) is 0.333. The predicted octanol–water partition coefficient (Wildman–Crippen LogP) is 0.600. The molecule has 0 spiro atoms. The average molecular weight is 206 g/mol. The molecule has 0 aliphatic carbocycles. The molecule has 0 aromatic rings. The molecule has 0 saturated heterocycles. The van der Waals surface area contributed by atoms with Crippen LogP contribution in [0, 0.1) is 0 Å². The molecule has 0 saturated carbocycles. The van der Waals surface area contributed by atoms with Gasteiger partial charge in [0.2, 0.25) is 5.91 Å². The van der Waals surface area contributed by atoms with Gasteiger partial charge in [0.05, 0.1) is 0 Å². The normalized spacial score (nSPS) is 9.70. The number of nitrogens with one attached hydrogen (secondary N) is 1. The Balaban J connectivity index is 3.30. The molecule has 0 aliphatic heterocycles. The number of carbonyl (C=O) groups excluding carboxylic acids is 2. The van der Waals surface area contributed by atoms with Crippen LogP contribution in [0.4, 0.5) is 0 Å². The molecular formula is C6H8BrNO2. The Morgan fingerprint density at radius 3 is 2.80 bits per heavy atom. The van der Waals surface area contributed by atoms with Crippen LogP contribution in [0.1, 0.15) is 6.42 Å². The number of rotatable bonds is 4. The van der Waals surface area contributed by atoms with Crippen molar-refractivity contribution in [2.24, 2.45) is 0 Å². The van der Waals surface area contributed by atoms with E-state index < -0.39 is 0 Å². The Kier molecular flexibility index (Phi) is 6.06. The Morgan fingerprint density at radius 1 is 1.60 bits per heavy atom. The van der Waals surface area contributed by atoms with E-state index in [9.17, 15) is 9.59 Å². The zero-order chi connectivity index (χ0) is 7.82. The first-order valence-corrected chi connectivity index (χ1v) is 3.71. The summed E-state index contributed by atoms with van der Waals surface area (Å²) in [5.74, 6) is -0.196. The zero-order valence-corrected chi connectivity index (χ0v) is 6.93. The highest BCUT2D eigenvalue weighted by atomic mass is 79.9. The molecule has 1 N–H and O–H groups in total. The summed E-state index contributed by atoms with van der Waals surface area (Å²) in [5.41, 5.74) is 0. The molecule has 1 amide bonds. The van der Waals surface area contributed by atoms with Crippen molar-refractivity contribution in [3.05, 3.63) is 11.1 Å². The first-order valence-electron chi connectivity index (χ1n) is 2.79. The van der Waals surface area contributed by atoms with E-state index >= 15 is 0 Å². The van der Waals surface area contributed by atoms with Crippen LogP contribution in [0.3, 0.4) is 0 Å². The van der Waals surface area contributed by atoms with Crippen molar-refractivity contribution in [2.45, 2.75) is 6.42 Å². The summed E-state index contributed by atoms with van der Waals surface area (Å²) in [6.45, 7) is 0.402. The second-order valence-electron chi connectivity index (χ2n) is 1.54. The van der Waals surface area contributed by atoms with Gasteiger partial charge >= 0.3 is 0 Å². The van der Waals surface area contributed by atoms with Crippen molar-refractivity contribution < 1.29 is 9.59 Å². The lowest BCUT2D eigenvalue weighted by Gasteiger charge is -1.94. The smallest absolute Gasteiger partial charge is 0.244 e. The maximum atomic E-state index is 10.6. The van der Waals surface area contributed by atoms with Gasteiger partial charge < -0.3 is 10.1 Å². The van der Waals surface area contributed by atoms with E-state index in [1.54, 1.807) is 0 Å². The highest BCUT2D eigenvalue weighted by Gasteiger charge is 1.90. The number of hydrogen-bond acceptors (Lipinski definition) is 2. The molecule has 0 aromatic heterocycles. The van der Waals surface area contributed by atoms with Crippen LogP contribution in [0.25, 0.3) is 0 Å². The molecular weight excluding hydrogens is 198 g/mol. The van der Waals surface area contributed by atoms with Crippen LogP contribution in [-0.4, -0.2) is 18.7 Å². The number of carbonyl (C=O) groups is 2. The number of aldehydes is 1. The molecule has 0 unspecified atom stereocenters. The molecule has 0 atom stereocenters. The maximum absolute atomic E-state index is 10.6. The second-order valence-corrected chi connectivity index (χ2v) is 2.07. The molecule has 10 heavy (non-hydrogen) atoms. The summed E-state index contributed by atoms with van der Waals surface area (Å²) in [6.07, 6.45) is 2.46. The van der Waals surface area contributed by atoms with Crippen molar-refractivity contribution in [3.8, 4) is 0 Å². The highest BCUT2D eigenvalue weighted by molar-refractivity contribution is 9.11. The van der Waals surface area contributed by atoms with Gasteiger partial charge in [0.15, 0.2) is 0 Å². The van der Waals surface area contributed by atoms with Gasteiger partial charge in [0.25, 0.3) is 0 Å². The molecule has 0 aliphatic rings. The van der Waals surface area contributed by atoms with Crippen LogP contribution in [0.15, 0.2) is 11.1 Å². The minimum absolute atomic E-state index is 0.196. The van der Waals surface area contributed by atoms with E-state index in [0.717, 1.165) is 6.29 Å². The van der Waals surface area contributed by atoms with Gasteiger partial charge in [0.1, 0.15) is 6.29 Å². The Hall–Kier alpha value is -0.640. The van der Waals surface area contributed by atoms with E-state index in [1.165, 1.54) is 11.1 Å². The lowest BCUT2D eigenvalue weighted by molar-refractivity contribution is -0.116. The van der Waals surface area contributed by atoms with Crippen molar-refractivity contribution in [1.82, 2.24) is 5.32 Å². The minimum atomic E-state index is -0.196. The Bertz CT molecular complexity index is 145. The SMILES string of the molecule is O=CCCNC(=O)C=CBr. The van der Waals surface area contributed by atoms with Crippen molar-refractivity contribution in [1.29, 1.82) is 0 Å². The van der Waals surface area contributed by atoms with E-state index in [-0.39, 0.29) is 5.91 Å². The lowest BCUT2D eigenvalue weighted by Crippen LogP contribution is -2.22. The Labute approximate surface area is 67.6 Å². The molecule has 4 heteroatoms. The van der Waals surface area contributed by atoms with Gasteiger partial charge in [-0.3, -0.25) is 4.79 Å². The Morgan fingerprint density at radius 2 is 2.30 bits per heavy atom. The zero-order valence-electron chi connectivity index (χ0n) is 5.34. The van der Waals surface area contributed by atoms with Crippen LogP contribution in [0.5, 0.6) is 0 Å². The third-order valence-electron chi connectivity index (χ3n) is 0.776. The van der Waals surface area contributed by atoms with Gasteiger partial charge in [-0.15, -0.1) is 0 Å². The van der Waals surface area contributed by atoms with Gasteiger partial charge in [-0.05, 0) is 4.99 Å². The van der Waals surface area contributed by atoms with Crippen LogP contribution in [0.2, 0.25) is 0 Å². The molecule has 56 valence electrons. The summed E-state index contributed by atoms with van der Waals surface area (Å²) in [7, 11) is 0. The molecule has 3 nitrogen and oxygen atoms in total. The fourth-order valence-corrected chi connectivity index (χ4v) is 0.611. The second kappa shape index (κ2) is 6.48. The summed E-state index contributed by atoms with van der Waals surface area (Å²) < 4.78 is 0. The van der Waals surface area contributed by atoms with E-state index in [2.05, 4.69) is 21.2 Å². The summed E-state index contributed by atoms with van der Waals surface area (Å²) in [6, 6.07) is 0. The first kappa shape index (κ1) is 9.36. The number of halogens is 1. The van der Waals surface area contributed by atoms with Gasteiger partial charge in [-0.2, -0.15) is 0 Å². The number of amides is 1. The number of hydrogen-bond donors (Lipinski definition) is 1. The monoisotopic (exact) mass is 205 g/mol. The standard InChI is InChI=1S/C6H8BrNO2/c7-3-2-6(10)8-4-1-5-9/h2-3,5H,1,4H2,(H,8,10). The quantitative estimate of drug-likeness (QED) is 0.416. The summed E-state index contributed by atoms with van der Waals surface area (Å²) in [4.78, 5) is 21.8. The van der Waals surface area contributed by atoms with Crippen molar-refractivity contribution in [3.63, 3.8) is 0 Å². The average Bonchev–Trinajstić information content (AvgIpc) is 1.89. The van der Waals surface area contributed by atoms with E-state index in [4.69, 9.17) is 0 Å². The predicted molar refractivity (Wildman–Crippen MR) is 41.8 cm³/mol. The molecule has 0 radical (unpaired) electrons. The molecule has 0 aromatic carbocycles. The minimum Gasteiger partial charge on any atom is -0.352 e. The summed E-state index contributed by atoms with van der Waals surface area (Å²) >= 11 is 2.95. The molecule has 0 rings (SSSR count). The van der Waals surface area contributed by atoms with Crippen LogP contribution < -0.4 is 5.32 Å². The molecule has 0 fully saturated rings.